The van der Waals surface area contributed by atoms with E-state index in [1.165, 1.54) is 0 Å². The number of carbonyl (C=O) groups excluding carboxylic acids is 1. The molecule has 0 saturated heterocycles. The molecule has 0 heterocycles. The fraction of sp³-hybridized carbons (Fsp3) is 0.214. The first-order valence-corrected chi connectivity index (χ1v) is 5.82. The second-order valence-corrected chi connectivity index (χ2v) is 4.28. The highest BCUT2D eigenvalue weighted by molar-refractivity contribution is 6.63. The van der Waals surface area contributed by atoms with Crippen LogP contribution in [0.1, 0.15) is 12.0 Å². The van der Waals surface area contributed by atoms with Gasteiger partial charge in [0.1, 0.15) is 5.75 Å². The van der Waals surface area contributed by atoms with Crippen molar-refractivity contribution >= 4 is 27.6 Å². The topological polar surface area (TPSA) is 26.3 Å². The molecule has 88 valence electrons. The normalized spacial score (nSPS) is 10.5. The minimum atomic E-state index is -0.296. The van der Waals surface area contributed by atoms with E-state index in [9.17, 15) is 4.79 Å². The van der Waals surface area contributed by atoms with Crippen molar-refractivity contribution in [1.82, 2.24) is 0 Å². The monoisotopic (exact) mass is 248 g/mol. The number of fused-ring (bicyclic) bond motifs is 1. The summed E-state index contributed by atoms with van der Waals surface area (Å²) in [5.74, 6) is 0.836. The average Bonchev–Trinajstić information content (AvgIpc) is 2.35. The third-order valence-electron chi connectivity index (χ3n) is 2.77. The molecule has 3 heteroatoms. The second-order valence-electron chi connectivity index (χ2n) is 3.86. The predicted molar refractivity (Wildman–Crippen MR) is 69.7 cm³/mol. The van der Waals surface area contributed by atoms with Crippen molar-refractivity contribution in [2.75, 3.05) is 7.11 Å². The smallest absolute Gasteiger partial charge is 0.221 e. The maximum atomic E-state index is 10.8. The molecule has 0 aromatic heterocycles. The number of rotatable bonds is 4. The van der Waals surface area contributed by atoms with Crippen molar-refractivity contribution < 1.29 is 9.53 Å². The number of aryl methyl sites for hydroxylation is 1. The lowest BCUT2D eigenvalue weighted by Crippen LogP contribution is -1.93. The second kappa shape index (κ2) is 5.19. The Morgan fingerprint density at radius 1 is 1.29 bits per heavy atom. The molecule has 0 unspecified atom stereocenters. The van der Waals surface area contributed by atoms with Gasteiger partial charge in [-0.1, -0.05) is 24.3 Å². The van der Waals surface area contributed by atoms with Crippen molar-refractivity contribution in [3.8, 4) is 5.75 Å². The highest BCUT2D eigenvalue weighted by Gasteiger charge is 2.04. The van der Waals surface area contributed by atoms with Crippen LogP contribution in [0.25, 0.3) is 10.8 Å². The van der Waals surface area contributed by atoms with Gasteiger partial charge in [0.05, 0.1) is 7.11 Å². The Labute approximate surface area is 105 Å². The van der Waals surface area contributed by atoms with Gasteiger partial charge in [0.15, 0.2) is 0 Å². The molecule has 2 rings (SSSR count). The first-order valence-electron chi connectivity index (χ1n) is 5.44. The lowest BCUT2D eigenvalue weighted by atomic mass is 10.0. The number of hydrogen-bond acceptors (Lipinski definition) is 2. The lowest BCUT2D eigenvalue weighted by molar-refractivity contribution is -0.111. The summed E-state index contributed by atoms with van der Waals surface area (Å²) in [5, 5.41) is 1.96. The molecule has 0 N–H and O–H groups in total. The summed E-state index contributed by atoms with van der Waals surface area (Å²) in [6.45, 7) is 0. The average molecular weight is 249 g/mol. The molecule has 0 aliphatic carbocycles. The molecular formula is C14H13ClO2. The van der Waals surface area contributed by atoms with Crippen LogP contribution in [0, 0.1) is 0 Å². The van der Waals surface area contributed by atoms with E-state index in [-0.39, 0.29) is 5.24 Å². The molecule has 0 radical (unpaired) electrons. The van der Waals surface area contributed by atoms with Crippen molar-refractivity contribution in [2.45, 2.75) is 12.8 Å². The molecule has 0 atom stereocenters. The van der Waals surface area contributed by atoms with Crippen LogP contribution in [-0.2, 0) is 11.2 Å². The van der Waals surface area contributed by atoms with E-state index in [1.807, 2.05) is 36.4 Å². The summed E-state index contributed by atoms with van der Waals surface area (Å²) >= 11 is 5.37. The highest BCUT2D eigenvalue weighted by Crippen LogP contribution is 2.24. The van der Waals surface area contributed by atoms with Crippen LogP contribution in [0.3, 0.4) is 0 Å². The number of hydrogen-bond donors (Lipinski definition) is 0. The summed E-state index contributed by atoms with van der Waals surface area (Å²) in [6.07, 6.45) is 1.04. The largest absolute Gasteiger partial charge is 0.497 e. The third-order valence-corrected chi connectivity index (χ3v) is 2.96. The van der Waals surface area contributed by atoms with E-state index in [0.29, 0.717) is 12.8 Å². The third kappa shape index (κ3) is 2.77. The maximum absolute atomic E-state index is 10.8. The minimum Gasteiger partial charge on any atom is -0.497 e. The van der Waals surface area contributed by atoms with Crippen LogP contribution in [-0.4, -0.2) is 12.4 Å². The van der Waals surface area contributed by atoms with Crippen LogP contribution in [0.15, 0.2) is 36.4 Å². The van der Waals surface area contributed by atoms with Crippen LogP contribution in [0.4, 0.5) is 0 Å². The predicted octanol–water partition coefficient (Wildman–Crippen LogP) is 3.55. The van der Waals surface area contributed by atoms with Crippen LogP contribution in [0.2, 0.25) is 0 Å². The van der Waals surface area contributed by atoms with Gasteiger partial charge in [-0.3, -0.25) is 4.79 Å². The summed E-state index contributed by atoms with van der Waals surface area (Å²) < 4.78 is 5.19. The molecule has 2 nitrogen and oxygen atoms in total. The van der Waals surface area contributed by atoms with Crippen LogP contribution >= 0.6 is 11.6 Å². The molecule has 2 aromatic carbocycles. The molecule has 0 spiro atoms. The Balaban J connectivity index is 2.39. The van der Waals surface area contributed by atoms with Gasteiger partial charge in [-0.25, -0.2) is 0 Å². The molecule has 0 amide bonds. The van der Waals surface area contributed by atoms with Crippen LogP contribution in [0.5, 0.6) is 5.75 Å². The van der Waals surface area contributed by atoms with Gasteiger partial charge < -0.3 is 4.74 Å². The molecule has 0 saturated carbocycles. The van der Waals surface area contributed by atoms with Crippen molar-refractivity contribution in [1.29, 1.82) is 0 Å². The summed E-state index contributed by atoms with van der Waals surface area (Å²) in [6, 6.07) is 12.0. The molecule has 2 aromatic rings. The number of halogens is 1. The van der Waals surface area contributed by atoms with Crippen molar-refractivity contribution in [3.63, 3.8) is 0 Å². The number of ether oxygens (including phenoxy) is 1. The van der Waals surface area contributed by atoms with E-state index in [4.69, 9.17) is 16.3 Å². The molecular weight excluding hydrogens is 236 g/mol. The highest BCUT2D eigenvalue weighted by atomic mass is 35.5. The molecule has 0 fully saturated rings. The molecule has 17 heavy (non-hydrogen) atoms. The fourth-order valence-electron chi connectivity index (χ4n) is 1.91. The Hall–Kier alpha value is -1.54. The van der Waals surface area contributed by atoms with Gasteiger partial charge in [-0.05, 0) is 46.5 Å². The Bertz CT molecular complexity index is 549. The zero-order valence-corrected chi connectivity index (χ0v) is 10.3. The fourth-order valence-corrected chi connectivity index (χ4v) is 2.00. The van der Waals surface area contributed by atoms with Gasteiger partial charge in [-0.15, -0.1) is 0 Å². The SMILES string of the molecule is COc1ccc2c(CCC(=O)Cl)cccc2c1. The van der Waals surface area contributed by atoms with E-state index in [1.54, 1.807) is 7.11 Å². The Morgan fingerprint density at radius 2 is 2.12 bits per heavy atom. The Kier molecular flexibility index (Phi) is 3.64. The number of carbonyl (C=O) groups is 1. The van der Waals surface area contributed by atoms with Gasteiger partial charge >= 0.3 is 0 Å². The summed E-state index contributed by atoms with van der Waals surface area (Å²) in [7, 11) is 1.65. The molecule has 0 aliphatic heterocycles. The standard InChI is InChI=1S/C14H13ClO2/c1-17-12-6-7-13-10(5-8-14(15)16)3-2-4-11(13)9-12/h2-4,6-7,9H,5,8H2,1H3. The first-order chi connectivity index (χ1) is 8.20. The summed E-state index contributed by atoms with van der Waals surface area (Å²) in [4.78, 5) is 10.8. The van der Waals surface area contributed by atoms with Crippen molar-refractivity contribution in [3.05, 3.63) is 42.0 Å². The lowest BCUT2D eigenvalue weighted by Gasteiger charge is -2.07. The van der Waals surface area contributed by atoms with E-state index < -0.39 is 0 Å². The number of methoxy groups -OCH3 is 1. The summed E-state index contributed by atoms with van der Waals surface area (Å²) in [5.41, 5.74) is 1.14. The van der Waals surface area contributed by atoms with Gasteiger partial charge in [0.25, 0.3) is 0 Å². The molecule has 0 aliphatic rings. The zero-order chi connectivity index (χ0) is 12.3. The molecule has 0 bridgehead atoms. The number of benzene rings is 2. The van der Waals surface area contributed by atoms with Gasteiger partial charge in [0.2, 0.25) is 5.24 Å². The maximum Gasteiger partial charge on any atom is 0.221 e. The van der Waals surface area contributed by atoms with Gasteiger partial charge in [-0.2, -0.15) is 0 Å². The zero-order valence-electron chi connectivity index (χ0n) is 9.57. The quantitative estimate of drug-likeness (QED) is 0.774. The van der Waals surface area contributed by atoms with E-state index in [2.05, 4.69) is 0 Å². The first kappa shape index (κ1) is 11.9. The van der Waals surface area contributed by atoms with Crippen molar-refractivity contribution in [2.24, 2.45) is 0 Å². The van der Waals surface area contributed by atoms with Gasteiger partial charge in [0, 0.05) is 6.42 Å². The van der Waals surface area contributed by atoms with Crippen LogP contribution < -0.4 is 4.74 Å². The van der Waals surface area contributed by atoms with E-state index >= 15 is 0 Å². The van der Waals surface area contributed by atoms with E-state index in [0.717, 1.165) is 22.1 Å². The Morgan fingerprint density at radius 3 is 2.82 bits per heavy atom. The minimum absolute atomic E-state index is 0.296.